The molecule has 100 valence electrons. The fourth-order valence-corrected chi connectivity index (χ4v) is 1.38. The number of benzene rings is 1. The van der Waals surface area contributed by atoms with Crippen LogP contribution < -0.4 is 10.6 Å². The number of urea groups is 1. The van der Waals surface area contributed by atoms with Gasteiger partial charge < -0.3 is 20.8 Å². The number of aliphatic hydroxyl groups is 1. The molecule has 0 fully saturated rings. The minimum Gasteiger partial charge on any atom is -0.480 e. The van der Waals surface area contributed by atoms with E-state index in [9.17, 15) is 9.59 Å². The molecule has 1 unspecified atom stereocenters. The molecule has 0 aliphatic carbocycles. The molecule has 1 rings (SSSR count). The SMILES string of the molecule is N#Cc1cccc(NC(=O)NC(CCO)C(=O)O)c1. The standard InChI is InChI=1S/C12H13N3O4/c13-7-8-2-1-3-9(6-8)14-12(19)15-10(4-5-16)11(17)18/h1-3,6,10,16H,4-5H2,(H,17,18)(H2,14,15,19). The Balaban J connectivity index is 2.63. The van der Waals surface area contributed by atoms with Crippen LogP contribution in [0.4, 0.5) is 10.5 Å². The van der Waals surface area contributed by atoms with Crippen molar-refractivity contribution in [3.05, 3.63) is 29.8 Å². The highest BCUT2D eigenvalue weighted by Gasteiger charge is 2.19. The van der Waals surface area contributed by atoms with E-state index in [-0.39, 0.29) is 13.0 Å². The van der Waals surface area contributed by atoms with Crippen LogP contribution in [0.25, 0.3) is 0 Å². The van der Waals surface area contributed by atoms with E-state index in [1.54, 1.807) is 18.2 Å². The molecule has 1 aromatic rings. The Morgan fingerprint density at radius 1 is 1.42 bits per heavy atom. The third-order valence-corrected chi connectivity index (χ3v) is 2.27. The molecule has 7 nitrogen and oxygen atoms in total. The summed E-state index contributed by atoms with van der Waals surface area (Å²) in [7, 11) is 0. The van der Waals surface area contributed by atoms with Crippen LogP contribution in [-0.2, 0) is 4.79 Å². The molecular weight excluding hydrogens is 250 g/mol. The predicted octanol–water partition coefficient (Wildman–Crippen LogP) is 0.515. The summed E-state index contributed by atoms with van der Waals surface area (Å²) in [6.07, 6.45) is -0.0824. The summed E-state index contributed by atoms with van der Waals surface area (Å²) in [6, 6.07) is 6.25. The Labute approximate surface area is 109 Å². The molecule has 0 saturated carbocycles. The number of aliphatic hydroxyl groups excluding tert-OH is 1. The number of aliphatic carboxylic acids is 1. The third kappa shape index (κ3) is 4.65. The van der Waals surface area contributed by atoms with Crippen LogP contribution in [-0.4, -0.2) is 34.9 Å². The van der Waals surface area contributed by atoms with Gasteiger partial charge in [-0.25, -0.2) is 9.59 Å². The van der Waals surface area contributed by atoms with Crippen molar-refractivity contribution in [2.75, 3.05) is 11.9 Å². The van der Waals surface area contributed by atoms with Crippen LogP contribution >= 0.6 is 0 Å². The fraction of sp³-hybridized carbons (Fsp3) is 0.250. The number of hydrogen-bond donors (Lipinski definition) is 4. The van der Waals surface area contributed by atoms with Crippen LogP contribution in [0, 0.1) is 11.3 Å². The predicted molar refractivity (Wildman–Crippen MR) is 66.4 cm³/mol. The van der Waals surface area contributed by atoms with Crippen LogP contribution in [0.3, 0.4) is 0 Å². The normalized spacial score (nSPS) is 11.2. The Hall–Kier alpha value is -2.59. The number of hydrogen-bond acceptors (Lipinski definition) is 4. The maximum atomic E-state index is 11.6. The third-order valence-electron chi connectivity index (χ3n) is 2.27. The van der Waals surface area contributed by atoms with Crippen molar-refractivity contribution in [1.29, 1.82) is 5.26 Å². The molecule has 4 N–H and O–H groups in total. The number of nitrogens with zero attached hydrogens (tertiary/aromatic N) is 1. The molecule has 0 aromatic heterocycles. The van der Waals surface area contributed by atoms with Crippen molar-refractivity contribution in [1.82, 2.24) is 5.32 Å². The van der Waals surface area contributed by atoms with Crippen LogP contribution in [0.1, 0.15) is 12.0 Å². The maximum absolute atomic E-state index is 11.6. The summed E-state index contributed by atoms with van der Waals surface area (Å²) in [5.41, 5.74) is 0.757. The topological polar surface area (TPSA) is 122 Å². The number of carbonyl (C=O) groups excluding carboxylic acids is 1. The van der Waals surface area contributed by atoms with E-state index in [0.29, 0.717) is 11.3 Å². The van der Waals surface area contributed by atoms with Crippen molar-refractivity contribution in [3.8, 4) is 6.07 Å². The molecule has 1 atom stereocenters. The van der Waals surface area contributed by atoms with Gasteiger partial charge in [0.25, 0.3) is 0 Å². The zero-order chi connectivity index (χ0) is 14.3. The van der Waals surface area contributed by atoms with Crippen molar-refractivity contribution < 1.29 is 19.8 Å². The second-order valence-electron chi connectivity index (χ2n) is 3.69. The highest BCUT2D eigenvalue weighted by Crippen LogP contribution is 2.09. The smallest absolute Gasteiger partial charge is 0.326 e. The summed E-state index contributed by atoms with van der Waals surface area (Å²) in [4.78, 5) is 22.3. The van der Waals surface area contributed by atoms with Gasteiger partial charge in [-0.15, -0.1) is 0 Å². The molecule has 0 spiro atoms. The lowest BCUT2D eigenvalue weighted by Gasteiger charge is -2.14. The summed E-state index contributed by atoms with van der Waals surface area (Å²) in [6.45, 7) is -0.346. The van der Waals surface area contributed by atoms with Gasteiger partial charge in [0.1, 0.15) is 6.04 Å². The monoisotopic (exact) mass is 263 g/mol. The molecule has 0 saturated heterocycles. The lowest BCUT2D eigenvalue weighted by Crippen LogP contribution is -2.43. The van der Waals surface area contributed by atoms with Crippen LogP contribution in [0.15, 0.2) is 24.3 Å². The van der Waals surface area contributed by atoms with Gasteiger partial charge in [-0.2, -0.15) is 5.26 Å². The average Bonchev–Trinajstić information content (AvgIpc) is 2.38. The van der Waals surface area contributed by atoms with E-state index in [0.717, 1.165) is 0 Å². The second kappa shape index (κ2) is 6.98. The first-order chi connectivity index (χ1) is 9.06. The second-order valence-corrected chi connectivity index (χ2v) is 3.69. The molecule has 0 bridgehead atoms. The molecule has 7 heteroatoms. The molecule has 1 aromatic carbocycles. The number of carbonyl (C=O) groups is 2. The van der Waals surface area contributed by atoms with Gasteiger partial charge in [0.15, 0.2) is 0 Å². The molecule has 0 aliphatic rings. The van der Waals surface area contributed by atoms with E-state index in [1.165, 1.54) is 6.07 Å². The fourth-order valence-electron chi connectivity index (χ4n) is 1.38. The maximum Gasteiger partial charge on any atom is 0.326 e. The van der Waals surface area contributed by atoms with E-state index in [1.807, 2.05) is 6.07 Å². The summed E-state index contributed by atoms with van der Waals surface area (Å²) in [5.74, 6) is -1.23. The minimum absolute atomic E-state index is 0.0824. The Kier molecular flexibility index (Phi) is 5.32. The summed E-state index contributed by atoms with van der Waals surface area (Å²) < 4.78 is 0. The van der Waals surface area contributed by atoms with E-state index < -0.39 is 18.0 Å². The molecular formula is C12H13N3O4. The number of carboxylic acid groups (broad SMARTS) is 1. The lowest BCUT2D eigenvalue weighted by molar-refractivity contribution is -0.139. The molecule has 0 radical (unpaired) electrons. The van der Waals surface area contributed by atoms with Crippen molar-refractivity contribution in [2.45, 2.75) is 12.5 Å². The zero-order valence-corrected chi connectivity index (χ0v) is 9.96. The molecule has 19 heavy (non-hydrogen) atoms. The van der Waals surface area contributed by atoms with Gasteiger partial charge in [-0.05, 0) is 18.2 Å². The van der Waals surface area contributed by atoms with Gasteiger partial charge in [0.2, 0.25) is 0 Å². The zero-order valence-electron chi connectivity index (χ0n) is 9.96. The number of amides is 2. The number of anilines is 1. The van der Waals surface area contributed by atoms with Crippen molar-refractivity contribution in [3.63, 3.8) is 0 Å². The Morgan fingerprint density at radius 3 is 2.74 bits per heavy atom. The first kappa shape index (κ1) is 14.5. The molecule has 2 amide bonds. The molecule has 0 heterocycles. The Bertz CT molecular complexity index is 510. The van der Waals surface area contributed by atoms with Gasteiger partial charge in [-0.1, -0.05) is 6.07 Å². The lowest BCUT2D eigenvalue weighted by atomic mass is 10.2. The van der Waals surface area contributed by atoms with Gasteiger partial charge in [0.05, 0.1) is 11.6 Å². The average molecular weight is 263 g/mol. The van der Waals surface area contributed by atoms with Gasteiger partial charge in [-0.3, -0.25) is 0 Å². The van der Waals surface area contributed by atoms with Gasteiger partial charge in [0, 0.05) is 18.7 Å². The Morgan fingerprint density at radius 2 is 2.16 bits per heavy atom. The largest absolute Gasteiger partial charge is 0.480 e. The number of carboxylic acids is 1. The summed E-state index contributed by atoms with van der Waals surface area (Å²) >= 11 is 0. The highest BCUT2D eigenvalue weighted by molar-refractivity contribution is 5.92. The number of nitrogens with one attached hydrogen (secondary N) is 2. The quantitative estimate of drug-likeness (QED) is 0.616. The number of rotatable bonds is 5. The first-order valence-electron chi connectivity index (χ1n) is 5.48. The van der Waals surface area contributed by atoms with E-state index in [2.05, 4.69) is 10.6 Å². The minimum atomic E-state index is -1.23. The highest BCUT2D eigenvalue weighted by atomic mass is 16.4. The summed E-state index contributed by atoms with van der Waals surface area (Å²) in [5, 5.41) is 30.8. The van der Waals surface area contributed by atoms with E-state index in [4.69, 9.17) is 15.5 Å². The van der Waals surface area contributed by atoms with Crippen LogP contribution in [0.2, 0.25) is 0 Å². The van der Waals surface area contributed by atoms with Gasteiger partial charge >= 0.3 is 12.0 Å². The van der Waals surface area contributed by atoms with Crippen molar-refractivity contribution >= 4 is 17.7 Å². The van der Waals surface area contributed by atoms with Crippen LogP contribution in [0.5, 0.6) is 0 Å². The van der Waals surface area contributed by atoms with Crippen molar-refractivity contribution in [2.24, 2.45) is 0 Å². The molecule has 0 aliphatic heterocycles. The van der Waals surface area contributed by atoms with E-state index >= 15 is 0 Å². The first-order valence-corrected chi connectivity index (χ1v) is 5.48. The number of nitriles is 1.